The molecule has 2 unspecified atom stereocenters. The van der Waals surface area contributed by atoms with Crippen LogP contribution in [0.1, 0.15) is 49.0 Å². The van der Waals surface area contributed by atoms with Crippen molar-refractivity contribution in [1.29, 1.82) is 0 Å². The number of aliphatic hydroxyl groups excluding tert-OH is 2. The summed E-state index contributed by atoms with van der Waals surface area (Å²) in [4.78, 5) is 9.33. The number of halogens is 2. The van der Waals surface area contributed by atoms with Gasteiger partial charge in [0, 0.05) is 40.6 Å². The van der Waals surface area contributed by atoms with Crippen molar-refractivity contribution in [3.8, 4) is 22.5 Å². The van der Waals surface area contributed by atoms with Crippen LogP contribution in [-0.4, -0.2) is 32.9 Å². The third-order valence-electron chi connectivity index (χ3n) is 5.99. The van der Waals surface area contributed by atoms with E-state index in [4.69, 9.17) is 37.0 Å². The van der Waals surface area contributed by atoms with E-state index in [2.05, 4.69) is 4.98 Å². The van der Waals surface area contributed by atoms with Crippen LogP contribution in [0.3, 0.4) is 0 Å². The Kier molecular flexibility index (Phi) is 8.29. The molecule has 8 heteroatoms. The lowest BCUT2D eigenvalue weighted by Crippen LogP contribution is -2.21. The molecule has 0 aliphatic rings. The van der Waals surface area contributed by atoms with Crippen LogP contribution in [0, 0.1) is 6.92 Å². The summed E-state index contributed by atoms with van der Waals surface area (Å²) < 4.78 is 11.9. The number of oxazole rings is 2. The number of rotatable bonds is 10. The molecule has 0 fully saturated rings. The summed E-state index contributed by atoms with van der Waals surface area (Å²) >= 11 is 12.0. The molecular formula is C27H28Cl2N2O4. The Labute approximate surface area is 214 Å². The van der Waals surface area contributed by atoms with Gasteiger partial charge in [-0.3, -0.25) is 0 Å². The third-order valence-corrected chi connectivity index (χ3v) is 6.49. The van der Waals surface area contributed by atoms with E-state index in [0.29, 0.717) is 53.3 Å². The predicted molar refractivity (Wildman–Crippen MR) is 137 cm³/mol. The van der Waals surface area contributed by atoms with E-state index in [1.807, 2.05) is 50.2 Å². The first kappa shape index (κ1) is 25.5. The molecule has 35 heavy (non-hydrogen) atoms. The first-order valence-corrected chi connectivity index (χ1v) is 12.4. The fourth-order valence-corrected chi connectivity index (χ4v) is 4.38. The summed E-state index contributed by atoms with van der Waals surface area (Å²) in [5.41, 5.74) is 3.29. The van der Waals surface area contributed by atoms with E-state index in [9.17, 15) is 10.2 Å². The highest BCUT2D eigenvalue weighted by molar-refractivity contribution is 6.30. The molecule has 2 aromatic heterocycles. The Morgan fingerprint density at radius 2 is 1.46 bits per heavy atom. The summed E-state index contributed by atoms with van der Waals surface area (Å²) in [5.74, 6) is 1.93. The molecule has 2 atom stereocenters. The lowest BCUT2D eigenvalue weighted by molar-refractivity contribution is 0.103. The molecule has 0 saturated heterocycles. The monoisotopic (exact) mass is 514 g/mol. The second-order valence-corrected chi connectivity index (χ2v) is 9.30. The average molecular weight is 515 g/mol. The van der Waals surface area contributed by atoms with Gasteiger partial charge in [0.05, 0.1) is 12.0 Å². The van der Waals surface area contributed by atoms with E-state index in [1.165, 1.54) is 0 Å². The first-order valence-electron chi connectivity index (χ1n) is 11.7. The van der Waals surface area contributed by atoms with Gasteiger partial charge in [-0.05, 0) is 44.0 Å². The second kappa shape index (κ2) is 11.4. The van der Waals surface area contributed by atoms with Crippen molar-refractivity contribution >= 4 is 23.2 Å². The molecule has 184 valence electrons. The second-order valence-electron chi connectivity index (χ2n) is 8.43. The Hall–Kier alpha value is -2.64. The Bertz CT molecular complexity index is 1250. The smallest absolute Gasteiger partial charge is 0.200 e. The zero-order chi connectivity index (χ0) is 24.9. The molecule has 0 aliphatic heterocycles. The van der Waals surface area contributed by atoms with Gasteiger partial charge in [0.1, 0.15) is 22.9 Å². The highest BCUT2D eigenvalue weighted by atomic mass is 35.5. The van der Waals surface area contributed by atoms with Gasteiger partial charge < -0.3 is 19.0 Å². The average Bonchev–Trinajstić information content (AvgIpc) is 3.45. The standard InChI is InChI=1S/C27H28Cl2N2O4/c1-3-23-26(18-6-10-20(29)11-7-18)31-27(35-23)21(14-15-32)22(33)12-13-24-30-25(16(2)34-24)17-4-8-19(28)9-5-17/h4-11,21-22,32-33H,3,12-15H2,1-2H3. The number of aliphatic hydroxyl groups is 2. The van der Waals surface area contributed by atoms with Gasteiger partial charge in [-0.25, -0.2) is 9.97 Å². The van der Waals surface area contributed by atoms with E-state index >= 15 is 0 Å². The Morgan fingerprint density at radius 3 is 2.03 bits per heavy atom. The van der Waals surface area contributed by atoms with Gasteiger partial charge in [0.15, 0.2) is 5.89 Å². The molecule has 4 aromatic rings. The van der Waals surface area contributed by atoms with Crippen LogP contribution < -0.4 is 0 Å². The molecule has 0 amide bonds. The maximum Gasteiger partial charge on any atom is 0.200 e. The zero-order valence-corrected chi connectivity index (χ0v) is 21.2. The number of nitrogens with zero attached hydrogens (tertiary/aromatic N) is 2. The zero-order valence-electron chi connectivity index (χ0n) is 19.7. The molecule has 2 heterocycles. The summed E-state index contributed by atoms with van der Waals surface area (Å²) in [7, 11) is 0. The number of aryl methyl sites for hydroxylation is 3. The van der Waals surface area contributed by atoms with Crippen LogP contribution in [-0.2, 0) is 12.8 Å². The van der Waals surface area contributed by atoms with Crippen LogP contribution >= 0.6 is 23.2 Å². The molecule has 0 aliphatic carbocycles. The van der Waals surface area contributed by atoms with E-state index in [-0.39, 0.29) is 6.61 Å². The highest BCUT2D eigenvalue weighted by Crippen LogP contribution is 2.33. The van der Waals surface area contributed by atoms with Crippen LogP contribution in [0.4, 0.5) is 0 Å². The topological polar surface area (TPSA) is 92.5 Å². The highest BCUT2D eigenvalue weighted by Gasteiger charge is 2.28. The number of hydrogen-bond acceptors (Lipinski definition) is 6. The third kappa shape index (κ3) is 5.96. The lowest BCUT2D eigenvalue weighted by atomic mass is 9.95. The molecule has 0 saturated carbocycles. The van der Waals surface area contributed by atoms with Gasteiger partial charge in [-0.2, -0.15) is 0 Å². The van der Waals surface area contributed by atoms with Crippen LogP contribution in [0.15, 0.2) is 57.4 Å². The molecule has 2 aromatic carbocycles. The van der Waals surface area contributed by atoms with Crippen LogP contribution in [0.25, 0.3) is 22.5 Å². The number of aromatic nitrogens is 2. The molecule has 0 radical (unpaired) electrons. The quantitative estimate of drug-likeness (QED) is 0.246. The van der Waals surface area contributed by atoms with Crippen molar-refractivity contribution in [2.24, 2.45) is 0 Å². The van der Waals surface area contributed by atoms with Gasteiger partial charge in [-0.1, -0.05) is 54.4 Å². The predicted octanol–water partition coefficient (Wildman–Crippen LogP) is 6.63. The molecule has 0 bridgehead atoms. The lowest BCUT2D eigenvalue weighted by Gasteiger charge is -2.18. The van der Waals surface area contributed by atoms with E-state index in [1.54, 1.807) is 12.1 Å². The maximum atomic E-state index is 11.0. The van der Waals surface area contributed by atoms with Crippen molar-refractivity contribution in [2.45, 2.75) is 51.6 Å². The molecule has 2 N–H and O–H groups in total. The number of benzene rings is 2. The van der Waals surface area contributed by atoms with Crippen molar-refractivity contribution in [3.63, 3.8) is 0 Å². The van der Waals surface area contributed by atoms with Crippen molar-refractivity contribution in [2.75, 3.05) is 6.61 Å². The largest absolute Gasteiger partial charge is 0.445 e. The van der Waals surface area contributed by atoms with E-state index < -0.39 is 12.0 Å². The van der Waals surface area contributed by atoms with Crippen LogP contribution in [0.5, 0.6) is 0 Å². The van der Waals surface area contributed by atoms with Crippen molar-refractivity contribution < 1.29 is 19.0 Å². The summed E-state index contributed by atoms with van der Waals surface area (Å²) in [6.45, 7) is 3.76. The minimum Gasteiger partial charge on any atom is -0.445 e. The van der Waals surface area contributed by atoms with Gasteiger partial charge in [0.2, 0.25) is 5.89 Å². The fourth-order valence-electron chi connectivity index (χ4n) is 4.13. The summed E-state index contributed by atoms with van der Waals surface area (Å²) in [6.07, 6.45) is 0.990. The number of hydrogen-bond donors (Lipinski definition) is 2. The van der Waals surface area contributed by atoms with Gasteiger partial charge in [0.25, 0.3) is 0 Å². The Balaban J connectivity index is 1.51. The van der Waals surface area contributed by atoms with Gasteiger partial charge in [-0.15, -0.1) is 0 Å². The first-order chi connectivity index (χ1) is 16.9. The Morgan fingerprint density at radius 1 is 0.857 bits per heavy atom. The minimum absolute atomic E-state index is 0.0966. The fraction of sp³-hybridized carbons (Fsp3) is 0.333. The van der Waals surface area contributed by atoms with E-state index in [0.717, 1.165) is 28.3 Å². The van der Waals surface area contributed by atoms with Crippen molar-refractivity contribution in [1.82, 2.24) is 9.97 Å². The summed E-state index contributed by atoms with van der Waals surface area (Å²) in [5, 5.41) is 22.0. The molecule has 0 spiro atoms. The maximum absolute atomic E-state index is 11.0. The normalized spacial score (nSPS) is 13.2. The summed E-state index contributed by atoms with van der Waals surface area (Å²) in [6, 6.07) is 14.8. The van der Waals surface area contributed by atoms with Crippen LogP contribution in [0.2, 0.25) is 10.0 Å². The van der Waals surface area contributed by atoms with Gasteiger partial charge >= 0.3 is 0 Å². The molecule has 4 rings (SSSR count). The minimum atomic E-state index is -0.797. The SMILES string of the molecule is CCc1oc(C(CCO)C(O)CCc2nc(-c3ccc(Cl)cc3)c(C)o2)nc1-c1ccc(Cl)cc1. The van der Waals surface area contributed by atoms with Crippen molar-refractivity contribution in [3.05, 3.63) is 81.9 Å². The molecule has 6 nitrogen and oxygen atoms in total. The molecular weight excluding hydrogens is 487 g/mol.